The molecule has 0 aliphatic carbocycles. The largest absolute Gasteiger partial charge is 0.310 e. The Morgan fingerprint density at radius 2 is 2.20 bits per heavy atom. The highest BCUT2D eigenvalue weighted by atomic mass is 35.5. The summed E-state index contributed by atoms with van der Waals surface area (Å²) in [7, 11) is 0. The first-order chi connectivity index (χ1) is 7.19. The van der Waals surface area contributed by atoms with E-state index in [0.717, 1.165) is 18.5 Å². The van der Waals surface area contributed by atoms with Gasteiger partial charge in [0.2, 0.25) is 0 Å². The van der Waals surface area contributed by atoms with Crippen molar-refractivity contribution < 1.29 is 0 Å². The molecule has 0 aliphatic rings. The van der Waals surface area contributed by atoms with Crippen molar-refractivity contribution in [2.75, 3.05) is 6.54 Å². The van der Waals surface area contributed by atoms with Gasteiger partial charge in [-0.15, -0.1) is 6.58 Å². The number of halogens is 2. The lowest BCUT2D eigenvalue weighted by atomic mass is 10.0. The van der Waals surface area contributed by atoms with Crippen LogP contribution in [0.2, 0.25) is 10.0 Å². The maximum Gasteiger partial charge on any atom is 0.0468 e. The first-order valence-corrected chi connectivity index (χ1v) is 5.73. The summed E-state index contributed by atoms with van der Waals surface area (Å²) in [5, 5.41) is 4.73. The van der Waals surface area contributed by atoms with Crippen molar-refractivity contribution in [3.63, 3.8) is 0 Å². The van der Waals surface area contributed by atoms with Gasteiger partial charge in [-0.05, 0) is 30.7 Å². The summed E-state index contributed by atoms with van der Waals surface area (Å²) in [6.07, 6.45) is 2.74. The fraction of sp³-hybridized carbons (Fsp3) is 0.333. The molecule has 1 aromatic carbocycles. The zero-order valence-corrected chi connectivity index (χ0v) is 10.3. The minimum Gasteiger partial charge on any atom is -0.310 e. The van der Waals surface area contributed by atoms with Gasteiger partial charge in [-0.1, -0.05) is 42.3 Å². The number of benzene rings is 1. The molecule has 0 bridgehead atoms. The van der Waals surface area contributed by atoms with E-state index in [1.165, 1.54) is 0 Å². The second-order valence-corrected chi connectivity index (χ2v) is 4.14. The van der Waals surface area contributed by atoms with Gasteiger partial charge in [0, 0.05) is 16.1 Å². The van der Waals surface area contributed by atoms with Crippen LogP contribution < -0.4 is 5.32 Å². The van der Waals surface area contributed by atoms with Crippen LogP contribution in [0, 0.1) is 0 Å². The lowest BCUT2D eigenvalue weighted by Gasteiger charge is -2.17. The minimum atomic E-state index is 0.220. The maximum absolute atomic E-state index is 6.14. The van der Waals surface area contributed by atoms with E-state index >= 15 is 0 Å². The highest BCUT2D eigenvalue weighted by Gasteiger charge is 2.12. The predicted octanol–water partition coefficient (Wildman–Crippen LogP) is 4.22. The molecule has 0 heterocycles. The summed E-state index contributed by atoms with van der Waals surface area (Å²) >= 11 is 12.0. The Hall–Kier alpha value is -0.500. The Morgan fingerprint density at radius 1 is 1.47 bits per heavy atom. The molecule has 1 aromatic rings. The second kappa shape index (κ2) is 6.16. The van der Waals surface area contributed by atoms with E-state index in [9.17, 15) is 0 Å². The van der Waals surface area contributed by atoms with E-state index in [4.69, 9.17) is 23.2 Å². The van der Waals surface area contributed by atoms with Gasteiger partial charge in [0.1, 0.15) is 0 Å². The standard InChI is InChI=1S/C12H15Cl2N/c1-3-5-12(15-4-2)10-7-6-9(13)8-11(10)14/h3,6-8,12,15H,1,4-5H2,2H3. The van der Waals surface area contributed by atoms with Crippen molar-refractivity contribution in [3.8, 4) is 0 Å². The van der Waals surface area contributed by atoms with Crippen LogP contribution in [0.25, 0.3) is 0 Å². The molecular weight excluding hydrogens is 229 g/mol. The molecule has 82 valence electrons. The van der Waals surface area contributed by atoms with Crippen LogP contribution in [0.3, 0.4) is 0 Å². The maximum atomic E-state index is 6.14. The highest BCUT2D eigenvalue weighted by Crippen LogP contribution is 2.28. The Morgan fingerprint density at radius 3 is 2.73 bits per heavy atom. The average molecular weight is 244 g/mol. The van der Waals surface area contributed by atoms with Gasteiger partial charge in [-0.2, -0.15) is 0 Å². The summed E-state index contributed by atoms with van der Waals surface area (Å²) in [6, 6.07) is 5.81. The van der Waals surface area contributed by atoms with E-state index in [1.807, 2.05) is 18.2 Å². The molecule has 0 radical (unpaired) electrons. The monoisotopic (exact) mass is 243 g/mol. The van der Waals surface area contributed by atoms with E-state index in [1.54, 1.807) is 6.07 Å². The van der Waals surface area contributed by atoms with Crippen LogP contribution in [-0.4, -0.2) is 6.54 Å². The molecule has 0 saturated heterocycles. The topological polar surface area (TPSA) is 12.0 Å². The SMILES string of the molecule is C=CCC(NCC)c1ccc(Cl)cc1Cl. The van der Waals surface area contributed by atoms with Crippen molar-refractivity contribution in [3.05, 3.63) is 46.5 Å². The van der Waals surface area contributed by atoms with Gasteiger partial charge < -0.3 is 5.32 Å². The lowest BCUT2D eigenvalue weighted by molar-refractivity contribution is 0.559. The number of hydrogen-bond donors (Lipinski definition) is 1. The van der Waals surface area contributed by atoms with Crippen molar-refractivity contribution >= 4 is 23.2 Å². The van der Waals surface area contributed by atoms with Gasteiger partial charge >= 0.3 is 0 Å². The molecule has 1 unspecified atom stereocenters. The van der Waals surface area contributed by atoms with Crippen LogP contribution in [-0.2, 0) is 0 Å². The van der Waals surface area contributed by atoms with Crippen LogP contribution in [0.1, 0.15) is 24.9 Å². The fourth-order valence-corrected chi connectivity index (χ4v) is 2.06. The number of nitrogens with one attached hydrogen (secondary N) is 1. The molecular formula is C12H15Cl2N. The van der Waals surface area contributed by atoms with E-state index in [2.05, 4.69) is 18.8 Å². The van der Waals surface area contributed by atoms with Crippen molar-refractivity contribution in [1.82, 2.24) is 5.32 Å². The lowest BCUT2D eigenvalue weighted by Crippen LogP contribution is -2.20. The van der Waals surface area contributed by atoms with Crippen LogP contribution >= 0.6 is 23.2 Å². The van der Waals surface area contributed by atoms with Crippen LogP contribution in [0.5, 0.6) is 0 Å². The Balaban J connectivity index is 2.94. The Bertz CT molecular complexity index is 336. The molecule has 0 amide bonds. The predicted molar refractivity (Wildman–Crippen MR) is 67.7 cm³/mol. The Labute approximate surface area is 101 Å². The summed E-state index contributed by atoms with van der Waals surface area (Å²) in [6.45, 7) is 6.72. The summed E-state index contributed by atoms with van der Waals surface area (Å²) in [4.78, 5) is 0. The Kier molecular flexibility index (Phi) is 5.16. The number of rotatable bonds is 5. The average Bonchev–Trinajstić information content (AvgIpc) is 2.17. The van der Waals surface area contributed by atoms with Gasteiger partial charge in [-0.3, -0.25) is 0 Å². The van der Waals surface area contributed by atoms with Crippen molar-refractivity contribution in [1.29, 1.82) is 0 Å². The number of hydrogen-bond acceptors (Lipinski definition) is 1. The minimum absolute atomic E-state index is 0.220. The molecule has 1 nitrogen and oxygen atoms in total. The van der Waals surface area contributed by atoms with E-state index in [0.29, 0.717) is 10.0 Å². The fourth-order valence-electron chi connectivity index (χ4n) is 1.52. The zero-order chi connectivity index (χ0) is 11.3. The highest BCUT2D eigenvalue weighted by molar-refractivity contribution is 6.35. The first kappa shape index (κ1) is 12.6. The van der Waals surface area contributed by atoms with E-state index in [-0.39, 0.29) is 6.04 Å². The molecule has 0 aromatic heterocycles. The molecule has 1 atom stereocenters. The van der Waals surface area contributed by atoms with Crippen LogP contribution in [0.15, 0.2) is 30.9 Å². The molecule has 1 N–H and O–H groups in total. The quantitative estimate of drug-likeness (QED) is 0.764. The normalized spacial score (nSPS) is 12.5. The van der Waals surface area contributed by atoms with Crippen LogP contribution in [0.4, 0.5) is 0 Å². The first-order valence-electron chi connectivity index (χ1n) is 4.98. The summed E-state index contributed by atoms with van der Waals surface area (Å²) in [5.74, 6) is 0. The van der Waals surface area contributed by atoms with Crippen molar-refractivity contribution in [2.24, 2.45) is 0 Å². The zero-order valence-electron chi connectivity index (χ0n) is 8.76. The van der Waals surface area contributed by atoms with Gasteiger partial charge in [0.25, 0.3) is 0 Å². The summed E-state index contributed by atoms with van der Waals surface area (Å²) in [5.41, 5.74) is 1.07. The molecule has 1 rings (SSSR count). The van der Waals surface area contributed by atoms with Gasteiger partial charge in [0.15, 0.2) is 0 Å². The third-order valence-corrected chi connectivity index (χ3v) is 2.75. The second-order valence-electron chi connectivity index (χ2n) is 3.30. The molecule has 15 heavy (non-hydrogen) atoms. The smallest absolute Gasteiger partial charge is 0.0468 e. The van der Waals surface area contributed by atoms with Crippen molar-refractivity contribution in [2.45, 2.75) is 19.4 Å². The summed E-state index contributed by atoms with van der Waals surface area (Å²) < 4.78 is 0. The molecule has 0 fully saturated rings. The third kappa shape index (κ3) is 3.53. The molecule has 0 spiro atoms. The molecule has 0 aliphatic heterocycles. The third-order valence-electron chi connectivity index (χ3n) is 2.19. The van der Waals surface area contributed by atoms with E-state index < -0.39 is 0 Å². The molecule has 3 heteroatoms. The van der Waals surface area contributed by atoms with Gasteiger partial charge in [-0.25, -0.2) is 0 Å². The molecule has 0 saturated carbocycles. The van der Waals surface area contributed by atoms with Gasteiger partial charge in [0.05, 0.1) is 0 Å².